The summed E-state index contributed by atoms with van der Waals surface area (Å²) >= 11 is 0. The lowest BCUT2D eigenvalue weighted by Gasteiger charge is -1.72. The molecule has 2 N–H and O–H groups in total. The summed E-state index contributed by atoms with van der Waals surface area (Å²) in [5, 5.41) is 0. The lowest BCUT2D eigenvalue weighted by atomic mass is 10.5. The summed E-state index contributed by atoms with van der Waals surface area (Å²) in [5.74, 6) is 4.41. The second-order valence-corrected chi connectivity index (χ2v) is 1.33. The minimum absolute atomic E-state index is 1.15. The number of hydrogen-bond acceptors (Lipinski definition) is 3. The molecular weight excluding hydrogens is 128 g/mol. The van der Waals surface area contributed by atoms with Crippen molar-refractivity contribution in [1.29, 1.82) is 0 Å². The van der Waals surface area contributed by atoms with Gasteiger partial charge in [0.2, 0.25) is 0 Å². The Hall–Kier alpha value is -1.35. The predicted molar refractivity (Wildman–Crippen MR) is 39.7 cm³/mol. The van der Waals surface area contributed by atoms with E-state index in [1.807, 2.05) is 18.2 Å². The molecule has 1 rings (SSSR count). The first-order chi connectivity index (χ1) is 4.91. The van der Waals surface area contributed by atoms with E-state index < -0.39 is 0 Å². The van der Waals surface area contributed by atoms with Gasteiger partial charge in [0.05, 0.1) is 0 Å². The molecule has 0 bridgehead atoms. The van der Waals surface area contributed by atoms with Crippen molar-refractivity contribution in [2.75, 3.05) is 0 Å². The molecule has 1 aromatic heterocycles. The highest BCUT2D eigenvalue weighted by Gasteiger charge is 1.58. The molecule has 54 valence electrons. The van der Waals surface area contributed by atoms with Crippen molar-refractivity contribution in [3.8, 4) is 0 Å². The van der Waals surface area contributed by atoms with Crippen LogP contribution in [0.15, 0.2) is 43.4 Å². The van der Waals surface area contributed by atoms with Crippen LogP contribution in [0, 0.1) is 0 Å². The van der Waals surface area contributed by atoms with E-state index in [4.69, 9.17) is 0 Å². The summed E-state index contributed by atoms with van der Waals surface area (Å²) in [6, 6.07) is 5.72. The zero-order valence-corrected chi connectivity index (χ0v) is 5.60. The Morgan fingerprint density at radius 1 is 1.30 bits per heavy atom. The first kappa shape index (κ1) is 8.65. The second kappa shape index (κ2) is 7.65. The Labute approximate surface area is 60.1 Å². The van der Waals surface area contributed by atoms with Crippen LogP contribution in [0.2, 0.25) is 0 Å². The van der Waals surface area contributed by atoms with Crippen LogP contribution in [-0.4, -0.2) is 4.98 Å². The molecular formula is C7H10N2O. The van der Waals surface area contributed by atoms with Crippen LogP contribution in [0.1, 0.15) is 0 Å². The van der Waals surface area contributed by atoms with Crippen molar-refractivity contribution < 1.29 is 4.84 Å². The van der Waals surface area contributed by atoms with Gasteiger partial charge in [0.15, 0.2) is 0 Å². The van der Waals surface area contributed by atoms with Gasteiger partial charge in [-0.3, -0.25) is 4.98 Å². The molecule has 3 nitrogen and oxygen atoms in total. The average Bonchev–Trinajstić information content (AvgIpc) is 2.08. The molecule has 3 heteroatoms. The minimum Gasteiger partial charge on any atom is -0.420 e. The first-order valence-corrected chi connectivity index (χ1v) is 2.73. The quantitative estimate of drug-likeness (QED) is 0.467. The van der Waals surface area contributed by atoms with E-state index in [0.29, 0.717) is 0 Å². The molecule has 0 saturated heterocycles. The number of hydrogen-bond donors (Lipinski definition) is 1. The topological polar surface area (TPSA) is 48.1 Å². The molecule has 0 saturated carbocycles. The molecule has 0 spiro atoms. The van der Waals surface area contributed by atoms with Crippen molar-refractivity contribution in [2.45, 2.75) is 0 Å². The molecule has 0 aliphatic heterocycles. The smallest absolute Gasteiger partial charge is 0.103 e. The molecule has 10 heavy (non-hydrogen) atoms. The number of rotatable bonds is 1. The first-order valence-electron chi connectivity index (χ1n) is 2.73. The summed E-state index contributed by atoms with van der Waals surface area (Å²) in [6.45, 7) is 3.13. The maximum absolute atomic E-state index is 4.41. The zero-order chi connectivity index (χ0) is 7.66. The maximum atomic E-state index is 4.41. The van der Waals surface area contributed by atoms with E-state index in [-0.39, 0.29) is 0 Å². The standard InChI is InChI=1S/C5H5N.C2H5NO/c1-2-4-6-5-3-1;1-2-4-3/h1-5H;2H,1,3H2. The summed E-state index contributed by atoms with van der Waals surface area (Å²) in [7, 11) is 0. The van der Waals surface area contributed by atoms with E-state index in [0.717, 1.165) is 6.26 Å². The number of nitrogens with zero attached hydrogens (tertiary/aromatic N) is 1. The second-order valence-electron chi connectivity index (χ2n) is 1.33. The van der Waals surface area contributed by atoms with Crippen LogP contribution >= 0.6 is 0 Å². The van der Waals surface area contributed by atoms with Gasteiger partial charge in [-0.25, -0.2) is 0 Å². The third kappa shape index (κ3) is 6.65. The molecule has 0 amide bonds. The molecule has 0 atom stereocenters. The van der Waals surface area contributed by atoms with E-state index >= 15 is 0 Å². The normalized spacial score (nSPS) is 6.90. The third-order valence-corrected chi connectivity index (χ3v) is 0.663. The maximum Gasteiger partial charge on any atom is 0.103 e. The van der Waals surface area contributed by atoms with Gasteiger partial charge in [-0.2, -0.15) is 5.90 Å². The zero-order valence-electron chi connectivity index (χ0n) is 5.60. The summed E-state index contributed by atoms with van der Waals surface area (Å²) in [5.41, 5.74) is 0. The highest BCUT2D eigenvalue weighted by molar-refractivity contribution is 4.88. The molecule has 0 aliphatic rings. The largest absolute Gasteiger partial charge is 0.420 e. The van der Waals surface area contributed by atoms with Crippen molar-refractivity contribution in [3.05, 3.63) is 43.4 Å². The third-order valence-electron chi connectivity index (χ3n) is 0.663. The molecule has 0 unspecified atom stereocenters. The van der Waals surface area contributed by atoms with Crippen LogP contribution in [0.4, 0.5) is 0 Å². The molecule has 0 aromatic carbocycles. The van der Waals surface area contributed by atoms with E-state index in [1.54, 1.807) is 12.4 Å². The average molecular weight is 138 g/mol. The van der Waals surface area contributed by atoms with E-state index in [1.165, 1.54) is 0 Å². The van der Waals surface area contributed by atoms with Crippen LogP contribution < -0.4 is 5.90 Å². The Morgan fingerprint density at radius 3 is 1.90 bits per heavy atom. The fourth-order valence-electron chi connectivity index (χ4n) is 0.313. The van der Waals surface area contributed by atoms with Gasteiger partial charge in [0.1, 0.15) is 6.26 Å². The van der Waals surface area contributed by atoms with Gasteiger partial charge >= 0.3 is 0 Å². The SMILES string of the molecule is C=CON.c1ccncc1. The summed E-state index contributed by atoms with van der Waals surface area (Å²) < 4.78 is 0. The van der Waals surface area contributed by atoms with Crippen LogP contribution in [0.5, 0.6) is 0 Å². The number of aromatic nitrogens is 1. The Bertz CT molecular complexity index is 126. The monoisotopic (exact) mass is 138 g/mol. The molecule has 0 radical (unpaired) electrons. The minimum atomic E-state index is 1.15. The van der Waals surface area contributed by atoms with Gasteiger partial charge in [0.25, 0.3) is 0 Å². The number of nitrogens with two attached hydrogens (primary N) is 1. The van der Waals surface area contributed by atoms with E-state index in [2.05, 4.69) is 22.3 Å². The van der Waals surface area contributed by atoms with Crippen molar-refractivity contribution in [3.63, 3.8) is 0 Å². The van der Waals surface area contributed by atoms with Gasteiger partial charge in [0, 0.05) is 12.4 Å². The van der Waals surface area contributed by atoms with Crippen molar-refractivity contribution >= 4 is 0 Å². The van der Waals surface area contributed by atoms with Gasteiger partial charge in [-0.05, 0) is 12.1 Å². The van der Waals surface area contributed by atoms with Gasteiger partial charge in [-0.15, -0.1) is 0 Å². The van der Waals surface area contributed by atoms with Crippen molar-refractivity contribution in [1.82, 2.24) is 4.98 Å². The Balaban J connectivity index is 0.000000180. The summed E-state index contributed by atoms with van der Waals surface area (Å²) in [6.07, 6.45) is 4.65. The number of pyridine rings is 1. The molecule has 1 aromatic rings. The van der Waals surface area contributed by atoms with Gasteiger partial charge in [-0.1, -0.05) is 12.6 Å². The summed E-state index contributed by atoms with van der Waals surface area (Å²) in [4.78, 5) is 7.59. The molecule has 0 fully saturated rings. The Morgan fingerprint density at radius 2 is 1.80 bits per heavy atom. The highest BCUT2D eigenvalue weighted by Crippen LogP contribution is 1.73. The van der Waals surface area contributed by atoms with Crippen LogP contribution in [0.3, 0.4) is 0 Å². The van der Waals surface area contributed by atoms with Crippen molar-refractivity contribution in [2.24, 2.45) is 5.90 Å². The fourth-order valence-corrected chi connectivity index (χ4v) is 0.313. The van der Waals surface area contributed by atoms with Crippen LogP contribution in [0.25, 0.3) is 0 Å². The lowest BCUT2D eigenvalue weighted by Crippen LogP contribution is -1.85. The Kier molecular flexibility index (Phi) is 6.62. The van der Waals surface area contributed by atoms with E-state index in [9.17, 15) is 0 Å². The van der Waals surface area contributed by atoms with Gasteiger partial charge < -0.3 is 4.84 Å². The molecule has 0 aliphatic carbocycles. The fraction of sp³-hybridized carbons (Fsp3) is 0. The lowest BCUT2D eigenvalue weighted by molar-refractivity contribution is 0.262. The highest BCUT2D eigenvalue weighted by atomic mass is 16.6. The van der Waals surface area contributed by atoms with Crippen LogP contribution in [-0.2, 0) is 4.84 Å². The predicted octanol–water partition coefficient (Wildman–Crippen LogP) is 1.10. The molecule has 1 heterocycles.